The number of carbonyl (C=O) groups excluding carboxylic acids is 4. The van der Waals surface area contributed by atoms with Crippen LogP contribution in [0.4, 0.5) is 20.6 Å². The third-order valence-corrected chi connectivity index (χ3v) is 6.24. The molecule has 12 heteroatoms. The number of amides is 5. The summed E-state index contributed by atoms with van der Waals surface area (Å²) in [6, 6.07) is 11.7. The zero-order chi connectivity index (χ0) is 28.3. The second-order valence-electron chi connectivity index (χ2n) is 8.27. The van der Waals surface area contributed by atoms with E-state index in [1.54, 1.807) is 13.0 Å². The number of hydrogen-bond donors (Lipinski definition) is 2. The number of methoxy groups -OCH3 is 1. The minimum absolute atomic E-state index is 0.0256. The topological polar surface area (TPSA) is 114 Å². The van der Waals surface area contributed by atoms with Crippen molar-refractivity contribution in [3.05, 3.63) is 87.2 Å². The Morgan fingerprint density at radius 2 is 1.77 bits per heavy atom. The Morgan fingerprint density at radius 1 is 1.05 bits per heavy atom. The van der Waals surface area contributed by atoms with E-state index in [1.807, 2.05) is 0 Å². The van der Waals surface area contributed by atoms with E-state index in [0.29, 0.717) is 10.7 Å². The van der Waals surface area contributed by atoms with Crippen LogP contribution in [-0.2, 0) is 14.4 Å². The highest BCUT2D eigenvalue weighted by atomic mass is 35.5. The smallest absolute Gasteiger partial charge is 0.335 e. The van der Waals surface area contributed by atoms with Crippen LogP contribution >= 0.6 is 23.2 Å². The van der Waals surface area contributed by atoms with Gasteiger partial charge in [0.2, 0.25) is 0 Å². The Morgan fingerprint density at radius 3 is 2.44 bits per heavy atom. The summed E-state index contributed by atoms with van der Waals surface area (Å²) in [6.07, 6.45) is 1.24. The molecule has 0 bridgehead atoms. The lowest BCUT2D eigenvalue weighted by atomic mass is 10.1. The number of nitrogens with one attached hydrogen (secondary N) is 2. The number of hydrogen-bond acceptors (Lipinski definition) is 6. The molecule has 3 aromatic carbocycles. The normalized spacial score (nSPS) is 14.3. The van der Waals surface area contributed by atoms with Crippen LogP contribution in [-0.4, -0.2) is 37.5 Å². The number of imide groups is 2. The van der Waals surface area contributed by atoms with Crippen LogP contribution in [0.2, 0.25) is 10.0 Å². The van der Waals surface area contributed by atoms with Crippen LogP contribution in [0.5, 0.6) is 11.5 Å². The number of halogens is 3. The minimum Gasteiger partial charge on any atom is -0.493 e. The van der Waals surface area contributed by atoms with Crippen molar-refractivity contribution in [2.24, 2.45) is 0 Å². The summed E-state index contributed by atoms with van der Waals surface area (Å²) in [5, 5.41) is 5.05. The molecule has 1 saturated heterocycles. The van der Waals surface area contributed by atoms with Gasteiger partial charge in [-0.15, -0.1) is 0 Å². The Labute approximate surface area is 232 Å². The number of aryl methyl sites for hydroxylation is 1. The summed E-state index contributed by atoms with van der Waals surface area (Å²) >= 11 is 12.5. The van der Waals surface area contributed by atoms with Crippen LogP contribution in [0.15, 0.2) is 60.2 Å². The Kier molecular flexibility index (Phi) is 8.18. The van der Waals surface area contributed by atoms with Crippen LogP contribution in [0.3, 0.4) is 0 Å². The first-order valence-electron chi connectivity index (χ1n) is 11.3. The fourth-order valence-corrected chi connectivity index (χ4v) is 4.06. The highest BCUT2D eigenvalue weighted by Crippen LogP contribution is 2.37. The van der Waals surface area contributed by atoms with Gasteiger partial charge in [-0.3, -0.25) is 19.7 Å². The molecule has 0 aromatic heterocycles. The van der Waals surface area contributed by atoms with Crippen LogP contribution in [0.25, 0.3) is 6.08 Å². The average Bonchev–Trinajstić information content (AvgIpc) is 2.89. The van der Waals surface area contributed by atoms with Crippen molar-refractivity contribution in [2.75, 3.05) is 23.9 Å². The molecule has 0 spiro atoms. The van der Waals surface area contributed by atoms with Gasteiger partial charge in [0.1, 0.15) is 11.4 Å². The Balaban J connectivity index is 1.56. The number of urea groups is 1. The van der Waals surface area contributed by atoms with Crippen molar-refractivity contribution in [1.29, 1.82) is 0 Å². The maximum Gasteiger partial charge on any atom is 0.335 e. The van der Waals surface area contributed by atoms with Gasteiger partial charge in [-0.1, -0.05) is 29.3 Å². The van der Waals surface area contributed by atoms with E-state index in [2.05, 4.69) is 10.6 Å². The Hall–Kier alpha value is -4.41. The monoisotopic (exact) mass is 571 g/mol. The first-order chi connectivity index (χ1) is 18.6. The summed E-state index contributed by atoms with van der Waals surface area (Å²) < 4.78 is 23.9. The summed E-state index contributed by atoms with van der Waals surface area (Å²) in [7, 11) is 1.34. The Bertz CT molecular complexity index is 1520. The molecule has 4 rings (SSSR count). The number of benzene rings is 3. The lowest BCUT2D eigenvalue weighted by Crippen LogP contribution is -2.54. The zero-order valence-corrected chi connectivity index (χ0v) is 22.0. The zero-order valence-electron chi connectivity index (χ0n) is 20.5. The molecule has 5 amide bonds. The third-order valence-electron chi connectivity index (χ3n) is 5.55. The summed E-state index contributed by atoms with van der Waals surface area (Å²) in [6.45, 7) is 1.33. The molecule has 9 nitrogen and oxygen atoms in total. The van der Waals surface area contributed by atoms with E-state index in [9.17, 15) is 23.6 Å². The predicted molar refractivity (Wildman–Crippen MR) is 144 cm³/mol. The fourth-order valence-electron chi connectivity index (χ4n) is 3.61. The largest absolute Gasteiger partial charge is 0.493 e. The quantitative estimate of drug-likeness (QED) is 0.300. The van der Waals surface area contributed by atoms with Gasteiger partial charge in [0, 0.05) is 10.7 Å². The number of nitrogens with zero attached hydrogens (tertiary/aromatic N) is 1. The first kappa shape index (κ1) is 27.6. The molecule has 39 heavy (non-hydrogen) atoms. The van der Waals surface area contributed by atoms with E-state index in [1.165, 1.54) is 61.7 Å². The van der Waals surface area contributed by atoms with Gasteiger partial charge < -0.3 is 14.8 Å². The molecule has 0 atom stereocenters. The SMILES string of the molecule is COc1cc(/C=C2\C(=O)NC(=O)N(c3ccc(C)c(Cl)c3)C2=O)cc(Cl)c1OCC(=O)Nc1ccc(F)cc1. The first-order valence-corrected chi connectivity index (χ1v) is 12.1. The fraction of sp³-hybridized carbons (Fsp3) is 0.111. The van der Waals surface area contributed by atoms with Crippen molar-refractivity contribution in [3.63, 3.8) is 0 Å². The molecule has 3 aromatic rings. The second-order valence-corrected chi connectivity index (χ2v) is 9.08. The number of anilines is 2. The van der Waals surface area contributed by atoms with Crippen LogP contribution < -0.4 is 25.0 Å². The van der Waals surface area contributed by atoms with Crippen molar-refractivity contribution in [3.8, 4) is 11.5 Å². The van der Waals surface area contributed by atoms with Gasteiger partial charge in [0.15, 0.2) is 18.1 Å². The molecule has 1 heterocycles. The number of ether oxygens (including phenoxy) is 2. The number of carbonyl (C=O) groups is 4. The number of rotatable bonds is 7. The van der Waals surface area contributed by atoms with Gasteiger partial charge in [-0.05, 0) is 72.7 Å². The predicted octanol–water partition coefficient (Wildman–Crippen LogP) is 5.13. The molecular formula is C27H20Cl2FN3O6. The molecule has 1 fully saturated rings. The van der Waals surface area contributed by atoms with Gasteiger partial charge in [-0.25, -0.2) is 14.1 Å². The van der Waals surface area contributed by atoms with E-state index < -0.39 is 36.2 Å². The summed E-state index contributed by atoms with van der Waals surface area (Å²) in [4.78, 5) is 51.2. The van der Waals surface area contributed by atoms with Gasteiger partial charge in [-0.2, -0.15) is 0 Å². The lowest BCUT2D eigenvalue weighted by molar-refractivity contribution is -0.122. The molecule has 0 saturated carbocycles. The van der Waals surface area contributed by atoms with Crippen LogP contribution in [0, 0.1) is 12.7 Å². The van der Waals surface area contributed by atoms with Crippen LogP contribution in [0.1, 0.15) is 11.1 Å². The van der Waals surface area contributed by atoms with E-state index in [0.717, 1.165) is 10.5 Å². The second kappa shape index (κ2) is 11.5. The highest BCUT2D eigenvalue weighted by molar-refractivity contribution is 6.39. The molecule has 1 aliphatic rings. The molecule has 2 N–H and O–H groups in total. The van der Waals surface area contributed by atoms with Crippen molar-refractivity contribution in [2.45, 2.75) is 6.92 Å². The maximum absolute atomic E-state index is 13.2. The van der Waals surface area contributed by atoms with E-state index in [-0.39, 0.29) is 33.3 Å². The van der Waals surface area contributed by atoms with Gasteiger partial charge in [0.05, 0.1) is 17.8 Å². The highest BCUT2D eigenvalue weighted by Gasteiger charge is 2.37. The molecule has 200 valence electrons. The minimum atomic E-state index is -0.916. The standard InChI is InChI=1S/C27H20Cl2FN3O6/c1-14-3-8-18(12-20(14)28)33-26(36)19(25(35)32-27(33)37)9-15-10-21(29)24(22(11-15)38-2)39-13-23(34)31-17-6-4-16(30)5-7-17/h3-12H,13H2,1-2H3,(H,31,34)(H,32,35,37)/b19-9+. The molecule has 0 radical (unpaired) electrons. The van der Waals surface area contributed by atoms with Gasteiger partial charge >= 0.3 is 6.03 Å². The maximum atomic E-state index is 13.2. The molecule has 0 unspecified atom stereocenters. The van der Waals surface area contributed by atoms with Crippen molar-refractivity contribution < 1.29 is 33.0 Å². The summed E-state index contributed by atoms with van der Waals surface area (Å²) in [5.74, 6) is -2.57. The van der Waals surface area contributed by atoms with Gasteiger partial charge in [0.25, 0.3) is 17.7 Å². The van der Waals surface area contributed by atoms with Crippen molar-refractivity contribution >= 4 is 64.4 Å². The third kappa shape index (κ3) is 6.19. The lowest BCUT2D eigenvalue weighted by Gasteiger charge is -2.26. The van der Waals surface area contributed by atoms with Crippen molar-refractivity contribution in [1.82, 2.24) is 5.32 Å². The number of barbiturate groups is 1. The average molecular weight is 572 g/mol. The van der Waals surface area contributed by atoms with E-state index in [4.69, 9.17) is 32.7 Å². The summed E-state index contributed by atoms with van der Waals surface area (Å²) in [5.41, 5.74) is 1.26. The molecule has 1 aliphatic heterocycles. The molecular weight excluding hydrogens is 552 g/mol. The molecule has 0 aliphatic carbocycles. The van der Waals surface area contributed by atoms with E-state index >= 15 is 0 Å².